The van der Waals surface area contributed by atoms with Crippen molar-refractivity contribution in [3.8, 4) is 0 Å². The second-order valence-corrected chi connectivity index (χ2v) is 10.2. The number of nitrogens with zero attached hydrogens (tertiary/aromatic N) is 1. The fourth-order valence-corrected chi connectivity index (χ4v) is 1.97. The Hall–Kier alpha value is -1.48. The van der Waals surface area contributed by atoms with Crippen LogP contribution >= 0.6 is 31.9 Å². The lowest BCUT2D eigenvalue weighted by Gasteiger charge is -2.16. The molecule has 0 heterocycles. The van der Waals surface area contributed by atoms with E-state index >= 15 is 0 Å². The highest BCUT2D eigenvalue weighted by molar-refractivity contribution is 9.10. The van der Waals surface area contributed by atoms with Gasteiger partial charge in [0.1, 0.15) is 21.9 Å². The minimum Gasteiger partial charge on any atom is -0.460 e. The van der Waals surface area contributed by atoms with Gasteiger partial charge in [0, 0.05) is 0 Å². The van der Waals surface area contributed by atoms with Gasteiger partial charge < -0.3 is 9.47 Å². The number of esters is 2. The van der Waals surface area contributed by atoms with Gasteiger partial charge in [-0.25, -0.2) is 0 Å². The Morgan fingerprint density at radius 3 is 1.64 bits per heavy atom. The Bertz CT molecular complexity index is 628. The maximum Gasteiger partial charge on any atom is 0.322 e. The lowest BCUT2D eigenvalue weighted by atomic mass is 10.1. The number of carbonyl (C=O) groups is 2. The van der Waals surface area contributed by atoms with Crippen molar-refractivity contribution in [3.63, 3.8) is 0 Å². The van der Waals surface area contributed by atoms with Gasteiger partial charge in [-0.05, 0) is 39.8 Å². The number of nitro benzene ring substituents is 1. The average molecular weight is 481 g/mol. The molecule has 0 aliphatic carbocycles. The molecule has 0 aliphatic rings. The van der Waals surface area contributed by atoms with Crippen LogP contribution < -0.4 is 0 Å². The molecule has 0 amide bonds. The summed E-state index contributed by atoms with van der Waals surface area (Å²) < 4.78 is 8.44. The molecule has 0 saturated heterocycles. The molecule has 0 N–H and O–H groups in total. The number of nitro groups is 1. The first-order valence-electron chi connectivity index (χ1n) is 7.31. The smallest absolute Gasteiger partial charge is 0.322 e. The van der Waals surface area contributed by atoms with E-state index in [1.54, 1.807) is 33.8 Å². The van der Waals surface area contributed by atoms with Gasteiger partial charge in [-0.1, -0.05) is 37.9 Å². The van der Waals surface area contributed by atoms with Crippen molar-refractivity contribution in [2.75, 3.05) is 0 Å². The first-order chi connectivity index (χ1) is 11.3. The maximum absolute atomic E-state index is 11.8. The summed E-state index contributed by atoms with van der Waals surface area (Å²) in [6, 6.07) is 4.57. The maximum atomic E-state index is 11.8. The highest BCUT2D eigenvalue weighted by Crippen LogP contribution is 2.27. The predicted octanol–water partition coefficient (Wildman–Crippen LogP) is 4.03. The highest BCUT2D eigenvalue weighted by Gasteiger charge is 2.29. The van der Waals surface area contributed by atoms with E-state index in [0.717, 1.165) is 0 Å². The normalized spacial score (nSPS) is 11.8. The number of carbonyl (C=O) groups excluding carboxylic acids is 2. The number of halogens is 2. The van der Waals surface area contributed by atoms with Gasteiger partial charge in [0.05, 0.1) is 16.1 Å². The Morgan fingerprint density at radius 2 is 1.36 bits per heavy atom. The second kappa shape index (κ2) is 8.27. The largest absolute Gasteiger partial charge is 0.460 e. The molecule has 1 aromatic rings. The van der Waals surface area contributed by atoms with Crippen LogP contribution in [-0.4, -0.2) is 25.5 Å². The van der Waals surface area contributed by atoms with Crippen molar-refractivity contribution >= 4 is 49.5 Å². The summed E-state index contributed by atoms with van der Waals surface area (Å²) in [7, 11) is 0. The van der Waals surface area contributed by atoms with Gasteiger partial charge in [-0.3, -0.25) is 19.7 Å². The van der Waals surface area contributed by atoms with Crippen LogP contribution in [0.25, 0.3) is 0 Å². The molecule has 0 atom stereocenters. The molecule has 0 fully saturated rings. The Balaban J connectivity index is 3.00. The van der Waals surface area contributed by atoms with Crippen molar-refractivity contribution in [2.24, 2.45) is 0 Å². The standard InChI is InChI=1S/C16H19Br2NO6/c1-15(2,17)13(20)24-8-10-6-5-7-11(12(10)19(22)23)9-25-14(21)16(3,4)18/h5-7H,8-9H2,1-4H3. The minimum absolute atomic E-state index is 0.224. The van der Waals surface area contributed by atoms with Crippen LogP contribution in [0.2, 0.25) is 0 Å². The molecule has 0 aliphatic heterocycles. The first-order valence-corrected chi connectivity index (χ1v) is 8.90. The topological polar surface area (TPSA) is 95.7 Å². The van der Waals surface area contributed by atoms with E-state index in [-0.39, 0.29) is 30.0 Å². The van der Waals surface area contributed by atoms with Crippen LogP contribution in [-0.2, 0) is 32.3 Å². The van der Waals surface area contributed by atoms with Crippen molar-refractivity contribution in [2.45, 2.75) is 49.6 Å². The van der Waals surface area contributed by atoms with Gasteiger partial charge in [0.25, 0.3) is 5.69 Å². The molecule has 25 heavy (non-hydrogen) atoms. The summed E-state index contributed by atoms with van der Waals surface area (Å²) in [5.41, 5.74) is 0.214. The number of ether oxygens (including phenoxy) is 2. The van der Waals surface area contributed by atoms with Crippen LogP contribution in [0.5, 0.6) is 0 Å². The van der Waals surface area contributed by atoms with Gasteiger partial charge >= 0.3 is 11.9 Å². The average Bonchev–Trinajstić information content (AvgIpc) is 2.47. The molecule has 0 spiro atoms. The molecule has 0 radical (unpaired) electrons. The number of hydrogen-bond acceptors (Lipinski definition) is 6. The summed E-state index contributed by atoms with van der Waals surface area (Å²) in [6.45, 7) is 5.94. The van der Waals surface area contributed by atoms with Crippen molar-refractivity contribution in [3.05, 3.63) is 39.4 Å². The van der Waals surface area contributed by atoms with Gasteiger partial charge in [0.15, 0.2) is 0 Å². The lowest BCUT2D eigenvalue weighted by molar-refractivity contribution is -0.386. The SMILES string of the molecule is CC(C)(Br)C(=O)OCc1cccc(COC(=O)C(C)(C)Br)c1[N+](=O)[O-]. The molecule has 1 aromatic carbocycles. The number of rotatable bonds is 7. The molecule has 0 aromatic heterocycles. The van der Waals surface area contributed by atoms with Crippen molar-refractivity contribution in [1.29, 1.82) is 0 Å². The zero-order valence-corrected chi connectivity index (χ0v) is 17.5. The van der Waals surface area contributed by atoms with Crippen molar-refractivity contribution in [1.82, 2.24) is 0 Å². The lowest BCUT2D eigenvalue weighted by Crippen LogP contribution is -2.27. The monoisotopic (exact) mass is 479 g/mol. The number of hydrogen-bond donors (Lipinski definition) is 0. The molecule has 0 saturated carbocycles. The zero-order chi connectivity index (χ0) is 19.4. The molecular weight excluding hydrogens is 462 g/mol. The van der Waals surface area contributed by atoms with Gasteiger partial charge in [-0.15, -0.1) is 0 Å². The third-order valence-corrected chi connectivity index (χ3v) is 3.72. The van der Waals surface area contributed by atoms with Gasteiger partial charge in [0.2, 0.25) is 0 Å². The molecule has 0 unspecified atom stereocenters. The third kappa shape index (κ3) is 6.39. The molecule has 138 valence electrons. The van der Waals surface area contributed by atoms with E-state index in [9.17, 15) is 19.7 Å². The summed E-state index contributed by atoms with van der Waals surface area (Å²) in [5, 5.41) is 11.4. The second-order valence-electron chi connectivity index (χ2n) is 6.28. The Morgan fingerprint density at radius 1 is 1.00 bits per heavy atom. The third-order valence-electron chi connectivity index (χ3n) is 3.07. The number of alkyl halides is 2. The first kappa shape index (κ1) is 21.6. The number of benzene rings is 1. The van der Waals surface area contributed by atoms with Crippen LogP contribution in [0.15, 0.2) is 18.2 Å². The fraction of sp³-hybridized carbons (Fsp3) is 0.500. The summed E-state index contributed by atoms with van der Waals surface area (Å²) in [6.07, 6.45) is 0. The predicted molar refractivity (Wildman–Crippen MR) is 98.7 cm³/mol. The van der Waals surface area contributed by atoms with E-state index in [1.807, 2.05) is 0 Å². The van der Waals surface area contributed by atoms with Crippen LogP contribution in [0, 0.1) is 10.1 Å². The zero-order valence-electron chi connectivity index (χ0n) is 14.3. The summed E-state index contributed by atoms with van der Waals surface area (Å²) >= 11 is 6.34. The van der Waals surface area contributed by atoms with E-state index in [0.29, 0.717) is 0 Å². The van der Waals surface area contributed by atoms with E-state index < -0.39 is 25.5 Å². The van der Waals surface area contributed by atoms with E-state index in [4.69, 9.17) is 9.47 Å². The van der Waals surface area contributed by atoms with E-state index in [1.165, 1.54) is 12.1 Å². The molecule has 7 nitrogen and oxygen atoms in total. The Kier molecular flexibility index (Phi) is 7.13. The summed E-state index contributed by atoms with van der Waals surface area (Å²) in [5.74, 6) is -1.08. The molecule has 0 bridgehead atoms. The van der Waals surface area contributed by atoms with Crippen LogP contribution in [0.1, 0.15) is 38.8 Å². The quantitative estimate of drug-likeness (QED) is 0.253. The number of para-hydroxylation sites is 1. The minimum atomic E-state index is -0.892. The highest BCUT2D eigenvalue weighted by atomic mass is 79.9. The Labute approximate surface area is 162 Å². The fourth-order valence-electron chi connectivity index (χ4n) is 1.74. The molecular formula is C16H19Br2NO6. The molecule has 1 rings (SSSR count). The van der Waals surface area contributed by atoms with Crippen LogP contribution in [0.4, 0.5) is 5.69 Å². The molecule has 9 heteroatoms. The van der Waals surface area contributed by atoms with Crippen molar-refractivity contribution < 1.29 is 24.0 Å². The van der Waals surface area contributed by atoms with Gasteiger partial charge in [-0.2, -0.15) is 0 Å². The summed E-state index contributed by atoms with van der Waals surface area (Å²) in [4.78, 5) is 34.5. The van der Waals surface area contributed by atoms with Crippen LogP contribution in [0.3, 0.4) is 0 Å². The van der Waals surface area contributed by atoms with E-state index in [2.05, 4.69) is 31.9 Å².